The Bertz CT molecular complexity index is 1180. The number of hydrogen-bond acceptors (Lipinski definition) is 7. The summed E-state index contributed by atoms with van der Waals surface area (Å²) in [6, 6.07) is 12.5. The molecule has 0 aliphatic carbocycles. The monoisotopic (exact) mass is 541 g/mol. The number of aliphatic hydroxyl groups excluding tert-OH is 2. The summed E-state index contributed by atoms with van der Waals surface area (Å²) < 4.78 is 7.03. The van der Waals surface area contributed by atoms with E-state index in [4.69, 9.17) is 4.74 Å². The van der Waals surface area contributed by atoms with Crippen molar-refractivity contribution in [3.63, 3.8) is 0 Å². The number of aromatic hydroxyl groups is 2. The third-order valence-corrected chi connectivity index (χ3v) is 6.82. The highest BCUT2D eigenvalue weighted by atomic mass is 16.5. The molecular formula is C30H43N3O6. The predicted octanol–water partition coefficient (Wildman–Crippen LogP) is 4.07. The van der Waals surface area contributed by atoms with Crippen molar-refractivity contribution in [2.24, 2.45) is 0 Å². The molecule has 1 aromatic heterocycles. The number of nitrogens with one attached hydrogen (secondary N) is 2. The van der Waals surface area contributed by atoms with E-state index in [0.717, 1.165) is 83.1 Å². The van der Waals surface area contributed by atoms with E-state index in [1.165, 1.54) is 16.8 Å². The second kappa shape index (κ2) is 16.8. The van der Waals surface area contributed by atoms with Gasteiger partial charge in [0.1, 0.15) is 5.75 Å². The highest BCUT2D eigenvalue weighted by Gasteiger charge is 2.10. The first-order chi connectivity index (χ1) is 19.0. The van der Waals surface area contributed by atoms with Gasteiger partial charge in [0.25, 0.3) is 0 Å². The number of phenols is 1. The number of hydrogen-bond donors (Lipinski definition) is 6. The van der Waals surface area contributed by atoms with Crippen molar-refractivity contribution in [1.29, 1.82) is 0 Å². The van der Waals surface area contributed by atoms with Gasteiger partial charge in [0.05, 0.1) is 24.6 Å². The number of H-pyrrole nitrogens is 1. The Morgan fingerprint density at radius 3 is 2.38 bits per heavy atom. The quantitative estimate of drug-likeness (QED) is 0.126. The first-order valence-electron chi connectivity index (χ1n) is 14.0. The van der Waals surface area contributed by atoms with Crippen LogP contribution in [0.15, 0.2) is 53.5 Å². The maximum atomic E-state index is 11.8. The Balaban J connectivity index is 1.13. The Hall–Kier alpha value is -3.11. The Morgan fingerprint density at radius 2 is 1.67 bits per heavy atom. The van der Waals surface area contributed by atoms with Crippen LogP contribution >= 0.6 is 0 Å². The maximum absolute atomic E-state index is 11.8. The maximum Gasteiger partial charge on any atom is 0.333 e. The van der Waals surface area contributed by atoms with Crippen LogP contribution in [0.25, 0.3) is 5.69 Å². The summed E-state index contributed by atoms with van der Waals surface area (Å²) in [5.41, 5.74) is 2.57. The molecule has 39 heavy (non-hydrogen) atoms. The van der Waals surface area contributed by atoms with Crippen LogP contribution < -0.4 is 11.0 Å². The smallest absolute Gasteiger partial charge is 0.333 e. The third kappa shape index (κ3) is 10.2. The first kappa shape index (κ1) is 30.4. The largest absolute Gasteiger partial charge is 0.508 e. The molecule has 3 rings (SSSR count). The summed E-state index contributed by atoms with van der Waals surface area (Å²) in [5, 5.41) is 42.2. The van der Waals surface area contributed by atoms with Gasteiger partial charge in [0.2, 0.25) is 5.88 Å². The summed E-state index contributed by atoms with van der Waals surface area (Å²) in [4.78, 5) is 14.3. The minimum atomic E-state index is -0.673. The molecule has 0 aliphatic heterocycles. The van der Waals surface area contributed by atoms with Crippen LogP contribution in [0, 0.1) is 0 Å². The van der Waals surface area contributed by atoms with Gasteiger partial charge < -0.3 is 35.5 Å². The van der Waals surface area contributed by atoms with Gasteiger partial charge in [0, 0.05) is 25.3 Å². The molecule has 1 atom stereocenters. The molecule has 6 N–H and O–H groups in total. The Labute approximate surface area is 230 Å². The number of benzene rings is 2. The Morgan fingerprint density at radius 1 is 0.923 bits per heavy atom. The second-order valence-corrected chi connectivity index (χ2v) is 9.91. The zero-order chi connectivity index (χ0) is 27.9. The number of aryl methyl sites for hydroxylation is 1. The van der Waals surface area contributed by atoms with Gasteiger partial charge >= 0.3 is 5.69 Å². The van der Waals surface area contributed by atoms with E-state index >= 15 is 0 Å². The summed E-state index contributed by atoms with van der Waals surface area (Å²) in [6.45, 7) is 2.59. The normalized spacial score (nSPS) is 12.2. The molecule has 3 aromatic rings. The molecule has 0 saturated heterocycles. The second-order valence-electron chi connectivity index (χ2n) is 9.91. The van der Waals surface area contributed by atoms with Crippen molar-refractivity contribution in [3.05, 3.63) is 75.8 Å². The fourth-order valence-electron chi connectivity index (χ4n) is 4.55. The number of aromatic amines is 1. The van der Waals surface area contributed by atoms with Gasteiger partial charge in [-0.1, -0.05) is 43.9 Å². The van der Waals surface area contributed by atoms with Crippen molar-refractivity contribution >= 4 is 0 Å². The molecule has 0 fully saturated rings. The van der Waals surface area contributed by atoms with E-state index in [-0.39, 0.29) is 23.9 Å². The molecule has 0 amide bonds. The van der Waals surface area contributed by atoms with Gasteiger partial charge in [-0.25, -0.2) is 9.36 Å². The lowest BCUT2D eigenvalue weighted by Crippen LogP contribution is -2.22. The molecule has 0 saturated carbocycles. The summed E-state index contributed by atoms with van der Waals surface area (Å²) in [6.07, 6.45) is 10.3. The van der Waals surface area contributed by atoms with Crippen LogP contribution in [0.3, 0.4) is 0 Å². The minimum Gasteiger partial charge on any atom is -0.508 e. The van der Waals surface area contributed by atoms with Crippen LogP contribution in [-0.4, -0.2) is 56.3 Å². The average Bonchev–Trinajstić information content (AvgIpc) is 3.28. The number of ether oxygens (including phenoxy) is 1. The van der Waals surface area contributed by atoms with Crippen molar-refractivity contribution in [3.8, 4) is 17.3 Å². The third-order valence-electron chi connectivity index (χ3n) is 6.82. The highest BCUT2D eigenvalue weighted by Crippen LogP contribution is 2.22. The zero-order valence-corrected chi connectivity index (χ0v) is 22.6. The van der Waals surface area contributed by atoms with E-state index in [1.807, 2.05) is 24.3 Å². The number of aromatic nitrogens is 2. The molecular weight excluding hydrogens is 498 g/mol. The number of aliphatic hydroxyl groups is 2. The summed E-state index contributed by atoms with van der Waals surface area (Å²) in [7, 11) is 0. The topological polar surface area (TPSA) is 140 Å². The number of rotatable bonds is 19. The Kier molecular flexibility index (Phi) is 13.1. The number of unbranched alkanes of at least 4 members (excludes halogenated alkanes) is 6. The molecule has 9 nitrogen and oxygen atoms in total. The van der Waals surface area contributed by atoms with Crippen molar-refractivity contribution in [2.75, 3.05) is 26.3 Å². The lowest BCUT2D eigenvalue weighted by atomic mass is 10.1. The number of imidazole rings is 1. The molecule has 0 bridgehead atoms. The standard InChI is InChI=1S/C30H43N3O6/c34-22-25-19-24(13-14-27(25)35)28(36)20-31-15-6-2-4-8-17-39-16-7-3-1-5-10-23-11-9-12-26(18-23)33-29(37)21-32-30(33)38/h9,11-14,18-19,21,28,31,34-37H,1-8,10,15-17,20,22H2,(H,32,38)/t28-/m0/s1. The lowest BCUT2D eigenvalue weighted by Gasteiger charge is -2.14. The molecule has 214 valence electrons. The minimum absolute atomic E-state index is 0.0389. The SMILES string of the molecule is O=c1[nH]cc(O)n1-c1cccc(CCCCCCOCCCCCCNC[C@H](O)c2ccc(O)c(CO)c2)c1. The van der Waals surface area contributed by atoms with Gasteiger partial charge in [-0.15, -0.1) is 0 Å². The van der Waals surface area contributed by atoms with Crippen molar-refractivity contribution < 1.29 is 25.2 Å². The van der Waals surface area contributed by atoms with Gasteiger partial charge in [-0.2, -0.15) is 0 Å². The van der Waals surface area contributed by atoms with Crippen LogP contribution in [0.4, 0.5) is 0 Å². The molecule has 0 radical (unpaired) electrons. The highest BCUT2D eigenvalue weighted by molar-refractivity contribution is 5.39. The molecule has 0 unspecified atom stereocenters. The lowest BCUT2D eigenvalue weighted by molar-refractivity contribution is 0.125. The van der Waals surface area contributed by atoms with Crippen molar-refractivity contribution in [2.45, 2.75) is 70.5 Å². The zero-order valence-electron chi connectivity index (χ0n) is 22.6. The predicted molar refractivity (Wildman–Crippen MR) is 151 cm³/mol. The fourth-order valence-corrected chi connectivity index (χ4v) is 4.55. The molecule has 0 spiro atoms. The fraction of sp³-hybridized carbons (Fsp3) is 0.500. The molecule has 1 heterocycles. The summed E-state index contributed by atoms with van der Waals surface area (Å²) in [5.74, 6) is -0.0518. The van der Waals surface area contributed by atoms with Crippen LogP contribution in [0.1, 0.15) is 74.2 Å². The number of nitrogens with zero attached hydrogens (tertiary/aromatic N) is 1. The van der Waals surface area contributed by atoms with Gasteiger partial charge in [-0.05, 0) is 74.0 Å². The molecule has 0 aliphatic rings. The van der Waals surface area contributed by atoms with Crippen molar-refractivity contribution in [1.82, 2.24) is 14.9 Å². The van der Waals surface area contributed by atoms with Gasteiger partial charge in [-0.3, -0.25) is 0 Å². The first-order valence-corrected chi connectivity index (χ1v) is 14.0. The van der Waals surface area contributed by atoms with E-state index in [1.54, 1.807) is 12.1 Å². The van der Waals surface area contributed by atoms with E-state index < -0.39 is 6.10 Å². The summed E-state index contributed by atoms with van der Waals surface area (Å²) >= 11 is 0. The van der Waals surface area contributed by atoms with E-state index in [0.29, 0.717) is 23.4 Å². The van der Waals surface area contributed by atoms with Crippen LogP contribution in [0.5, 0.6) is 11.6 Å². The van der Waals surface area contributed by atoms with E-state index in [9.17, 15) is 25.2 Å². The van der Waals surface area contributed by atoms with Crippen LogP contribution in [-0.2, 0) is 17.8 Å². The van der Waals surface area contributed by atoms with E-state index in [2.05, 4.69) is 10.3 Å². The molecule has 2 aromatic carbocycles. The van der Waals surface area contributed by atoms with Gasteiger partial charge in [0.15, 0.2) is 0 Å². The van der Waals surface area contributed by atoms with Crippen LogP contribution in [0.2, 0.25) is 0 Å². The molecule has 9 heteroatoms. The average molecular weight is 542 g/mol.